The van der Waals surface area contributed by atoms with Crippen LogP contribution in [0.4, 0.5) is 4.39 Å². The van der Waals surface area contributed by atoms with E-state index in [1.807, 2.05) is 0 Å². The van der Waals surface area contributed by atoms with E-state index in [4.69, 9.17) is 0 Å². The topological polar surface area (TPSA) is 25.8 Å². The van der Waals surface area contributed by atoms with E-state index in [1.165, 1.54) is 12.1 Å². The van der Waals surface area contributed by atoms with Crippen molar-refractivity contribution < 1.29 is 4.39 Å². The van der Waals surface area contributed by atoms with Crippen molar-refractivity contribution in [3.63, 3.8) is 0 Å². The van der Waals surface area contributed by atoms with E-state index in [0.29, 0.717) is 10.3 Å². The standard InChI is InChI=1S/C8H4BrFN2/c9-8-11-4-5-1-2-6(10)3-7(5)12-8/h1-4H. The fraction of sp³-hybridized carbons (Fsp3) is 0. The lowest BCUT2D eigenvalue weighted by Gasteiger charge is -1.95. The predicted molar refractivity (Wildman–Crippen MR) is 47.2 cm³/mol. The van der Waals surface area contributed by atoms with Crippen molar-refractivity contribution in [2.24, 2.45) is 0 Å². The molecule has 2 aromatic rings. The van der Waals surface area contributed by atoms with Crippen LogP contribution in [-0.2, 0) is 0 Å². The molecule has 2 rings (SSSR count). The Balaban J connectivity index is 2.80. The summed E-state index contributed by atoms with van der Waals surface area (Å²) < 4.78 is 13.2. The summed E-state index contributed by atoms with van der Waals surface area (Å²) in [4.78, 5) is 7.92. The first-order valence-corrected chi connectivity index (χ1v) is 4.13. The summed E-state index contributed by atoms with van der Waals surface area (Å²) in [5, 5.41) is 0.833. The zero-order chi connectivity index (χ0) is 8.55. The summed E-state index contributed by atoms with van der Waals surface area (Å²) in [6.07, 6.45) is 1.64. The molecule has 0 fully saturated rings. The second kappa shape index (κ2) is 2.79. The summed E-state index contributed by atoms with van der Waals surface area (Å²) >= 11 is 3.11. The Kier molecular flexibility index (Phi) is 1.77. The summed E-state index contributed by atoms with van der Waals surface area (Å²) in [5.74, 6) is -0.284. The predicted octanol–water partition coefficient (Wildman–Crippen LogP) is 2.53. The quantitative estimate of drug-likeness (QED) is 0.646. The third-order valence-corrected chi connectivity index (χ3v) is 1.90. The molecular formula is C8H4BrFN2. The molecule has 0 atom stereocenters. The van der Waals surface area contributed by atoms with Gasteiger partial charge >= 0.3 is 0 Å². The van der Waals surface area contributed by atoms with E-state index < -0.39 is 0 Å². The molecule has 0 aliphatic heterocycles. The van der Waals surface area contributed by atoms with E-state index in [-0.39, 0.29) is 5.82 Å². The highest BCUT2D eigenvalue weighted by Gasteiger charge is 1.97. The van der Waals surface area contributed by atoms with Crippen LogP contribution in [0.3, 0.4) is 0 Å². The van der Waals surface area contributed by atoms with Crippen LogP contribution < -0.4 is 0 Å². The Hall–Kier alpha value is -1.03. The highest BCUT2D eigenvalue weighted by molar-refractivity contribution is 9.10. The first kappa shape index (κ1) is 7.61. The van der Waals surface area contributed by atoms with Crippen LogP contribution >= 0.6 is 15.9 Å². The Morgan fingerprint density at radius 3 is 3.00 bits per heavy atom. The highest BCUT2D eigenvalue weighted by Crippen LogP contribution is 2.13. The molecule has 1 aromatic heterocycles. The molecule has 60 valence electrons. The Morgan fingerprint density at radius 2 is 2.17 bits per heavy atom. The largest absolute Gasteiger partial charge is 0.230 e. The van der Waals surface area contributed by atoms with Crippen molar-refractivity contribution in [2.45, 2.75) is 0 Å². The van der Waals surface area contributed by atoms with Gasteiger partial charge in [-0.15, -0.1) is 0 Å². The molecule has 0 saturated carbocycles. The summed E-state index contributed by atoms with van der Waals surface area (Å²) in [6, 6.07) is 4.42. The molecule has 4 heteroatoms. The summed E-state index contributed by atoms with van der Waals surface area (Å²) in [7, 11) is 0. The van der Waals surface area contributed by atoms with Gasteiger partial charge in [0.15, 0.2) is 4.73 Å². The number of hydrogen-bond donors (Lipinski definition) is 0. The number of fused-ring (bicyclic) bond motifs is 1. The summed E-state index contributed by atoms with van der Waals surface area (Å²) in [5.41, 5.74) is 0.608. The number of rotatable bonds is 0. The van der Waals surface area contributed by atoms with Gasteiger partial charge in [0.05, 0.1) is 5.52 Å². The SMILES string of the molecule is Fc1ccc2cnc(Br)nc2c1. The highest BCUT2D eigenvalue weighted by atomic mass is 79.9. The van der Waals surface area contributed by atoms with E-state index in [2.05, 4.69) is 25.9 Å². The monoisotopic (exact) mass is 226 g/mol. The van der Waals surface area contributed by atoms with Crippen molar-refractivity contribution in [2.75, 3.05) is 0 Å². The molecule has 0 amide bonds. The van der Waals surface area contributed by atoms with Gasteiger partial charge in [0.25, 0.3) is 0 Å². The second-order valence-corrected chi connectivity index (χ2v) is 3.05. The van der Waals surface area contributed by atoms with Crippen molar-refractivity contribution >= 4 is 26.8 Å². The Morgan fingerprint density at radius 1 is 1.33 bits per heavy atom. The maximum absolute atomic E-state index is 12.7. The molecule has 0 spiro atoms. The molecular weight excluding hydrogens is 223 g/mol. The minimum absolute atomic E-state index is 0.284. The van der Waals surface area contributed by atoms with Crippen LogP contribution in [0, 0.1) is 5.82 Å². The van der Waals surface area contributed by atoms with E-state index >= 15 is 0 Å². The molecule has 12 heavy (non-hydrogen) atoms. The maximum atomic E-state index is 12.7. The van der Waals surface area contributed by atoms with Gasteiger partial charge in [0.2, 0.25) is 0 Å². The molecule has 1 heterocycles. The van der Waals surface area contributed by atoms with Gasteiger partial charge in [-0.3, -0.25) is 0 Å². The van der Waals surface area contributed by atoms with Crippen LogP contribution in [0.15, 0.2) is 29.1 Å². The van der Waals surface area contributed by atoms with Gasteiger partial charge in [0.1, 0.15) is 5.82 Å². The minimum atomic E-state index is -0.284. The van der Waals surface area contributed by atoms with Gasteiger partial charge < -0.3 is 0 Å². The average Bonchev–Trinajstić information content (AvgIpc) is 2.03. The van der Waals surface area contributed by atoms with Gasteiger partial charge in [-0.25, -0.2) is 14.4 Å². The third kappa shape index (κ3) is 1.30. The molecule has 0 unspecified atom stereocenters. The fourth-order valence-corrected chi connectivity index (χ4v) is 1.27. The average molecular weight is 227 g/mol. The number of benzene rings is 1. The Bertz CT molecular complexity index is 394. The van der Waals surface area contributed by atoms with Crippen LogP contribution in [-0.4, -0.2) is 9.97 Å². The van der Waals surface area contributed by atoms with Crippen LogP contribution in [0.2, 0.25) is 0 Å². The van der Waals surface area contributed by atoms with E-state index in [9.17, 15) is 4.39 Å². The molecule has 0 aliphatic carbocycles. The van der Waals surface area contributed by atoms with Gasteiger partial charge in [-0.1, -0.05) is 0 Å². The van der Waals surface area contributed by atoms with Crippen molar-refractivity contribution in [1.82, 2.24) is 9.97 Å². The Labute approximate surface area is 76.6 Å². The van der Waals surface area contributed by atoms with Gasteiger partial charge in [0, 0.05) is 17.6 Å². The van der Waals surface area contributed by atoms with E-state index in [1.54, 1.807) is 12.3 Å². The lowest BCUT2D eigenvalue weighted by molar-refractivity contribution is 0.629. The number of halogens is 2. The summed E-state index contributed by atoms with van der Waals surface area (Å²) in [6.45, 7) is 0. The van der Waals surface area contributed by atoms with Crippen LogP contribution in [0.1, 0.15) is 0 Å². The first-order chi connectivity index (χ1) is 5.75. The fourth-order valence-electron chi connectivity index (χ4n) is 0.974. The van der Waals surface area contributed by atoms with Crippen molar-refractivity contribution in [3.8, 4) is 0 Å². The van der Waals surface area contributed by atoms with E-state index in [0.717, 1.165) is 5.39 Å². The van der Waals surface area contributed by atoms with Gasteiger partial charge in [-0.2, -0.15) is 0 Å². The number of nitrogens with zero attached hydrogens (tertiary/aromatic N) is 2. The molecule has 0 aliphatic rings. The maximum Gasteiger partial charge on any atom is 0.197 e. The molecule has 1 aromatic carbocycles. The second-order valence-electron chi connectivity index (χ2n) is 2.34. The first-order valence-electron chi connectivity index (χ1n) is 3.33. The van der Waals surface area contributed by atoms with Crippen LogP contribution in [0.25, 0.3) is 10.9 Å². The van der Waals surface area contributed by atoms with Gasteiger partial charge in [-0.05, 0) is 28.1 Å². The molecule has 0 radical (unpaired) electrons. The lowest BCUT2D eigenvalue weighted by Crippen LogP contribution is -1.84. The molecule has 0 N–H and O–H groups in total. The number of hydrogen-bond acceptors (Lipinski definition) is 2. The number of aromatic nitrogens is 2. The lowest BCUT2D eigenvalue weighted by atomic mass is 10.2. The van der Waals surface area contributed by atoms with Crippen molar-refractivity contribution in [3.05, 3.63) is 34.9 Å². The molecule has 0 bridgehead atoms. The molecule has 0 saturated heterocycles. The molecule has 2 nitrogen and oxygen atoms in total. The third-order valence-electron chi connectivity index (χ3n) is 1.52. The smallest absolute Gasteiger partial charge is 0.197 e. The zero-order valence-electron chi connectivity index (χ0n) is 5.96. The van der Waals surface area contributed by atoms with Crippen molar-refractivity contribution in [1.29, 1.82) is 0 Å². The normalized spacial score (nSPS) is 10.5. The minimum Gasteiger partial charge on any atom is -0.230 e. The zero-order valence-corrected chi connectivity index (χ0v) is 7.55. The van der Waals surface area contributed by atoms with Crippen LogP contribution in [0.5, 0.6) is 0 Å².